The quantitative estimate of drug-likeness (QED) is 0.795. The van der Waals surface area contributed by atoms with Gasteiger partial charge in [-0.25, -0.2) is 5.06 Å². The smallest absolute Gasteiger partial charge is 0.261 e. The number of hydroxylamine groups is 1. The van der Waals surface area contributed by atoms with Gasteiger partial charge in [-0.3, -0.25) is 19.3 Å². The maximum Gasteiger partial charge on any atom is 0.261 e. The van der Waals surface area contributed by atoms with E-state index in [-0.39, 0.29) is 17.9 Å². The number of amides is 2. The van der Waals surface area contributed by atoms with E-state index in [2.05, 4.69) is 0 Å². The summed E-state index contributed by atoms with van der Waals surface area (Å²) in [6.07, 6.45) is -0.737. The first-order chi connectivity index (χ1) is 11.1. The number of likely N-dealkylation sites (tertiary alicyclic amines) is 1. The molecule has 0 spiro atoms. The molecule has 2 aromatic rings. The van der Waals surface area contributed by atoms with Gasteiger partial charge in [-0.2, -0.15) is 0 Å². The lowest BCUT2D eigenvalue weighted by Gasteiger charge is -2.28. The summed E-state index contributed by atoms with van der Waals surface area (Å²) in [4.78, 5) is 33.1. The molecular weight excluding hydrogens is 312 g/mol. The minimum atomic E-state index is -0.737. The number of thiophene rings is 1. The number of para-hydroxylation sites is 1. The van der Waals surface area contributed by atoms with Crippen LogP contribution in [0.25, 0.3) is 0 Å². The van der Waals surface area contributed by atoms with Gasteiger partial charge < -0.3 is 0 Å². The molecule has 23 heavy (non-hydrogen) atoms. The zero-order valence-corrected chi connectivity index (χ0v) is 13.6. The predicted octanol–water partition coefficient (Wildman–Crippen LogP) is 2.53. The highest BCUT2D eigenvalue weighted by Crippen LogP contribution is 2.47. The van der Waals surface area contributed by atoms with Crippen LogP contribution in [0.4, 0.5) is 5.69 Å². The SMILES string of the molecule is Cc1ccccc1N1O[C@@H]2C(=O)N(C)C(=O)[C@@H]2[C@H]1c1cccs1. The lowest BCUT2D eigenvalue weighted by Crippen LogP contribution is -2.34. The van der Waals surface area contributed by atoms with E-state index in [4.69, 9.17) is 4.84 Å². The van der Waals surface area contributed by atoms with Gasteiger partial charge in [0.1, 0.15) is 12.0 Å². The van der Waals surface area contributed by atoms with Crippen molar-refractivity contribution in [1.29, 1.82) is 0 Å². The van der Waals surface area contributed by atoms with Gasteiger partial charge in [-0.1, -0.05) is 24.3 Å². The van der Waals surface area contributed by atoms with Gasteiger partial charge >= 0.3 is 0 Å². The Labute approximate surface area is 138 Å². The topological polar surface area (TPSA) is 49.9 Å². The molecule has 4 rings (SSSR count). The number of rotatable bonds is 2. The Morgan fingerprint density at radius 2 is 1.87 bits per heavy atom. The molecule has 3 heterocycles. The van der Waals surface area contributed by atoms with Gasteiger partial charge in [-0.05, 0) is 30.0 Å². The molecule has 1 aromatic carbocycles. The van der Waals surface area contributed by atoms with Crippen molar-refractivity contribution in [1.82, 2.24) is 4.90 Å². The van der Waals surface area contributed by atoms with Gasteiger partial charge in [0.15, 0.2) is 6.10 Å². The number of anilines is 1. The van der Waals surface area contributed by atoms with E-state index in [9.17, 15) is 9.59 Å². The largest absolute Gasteiger partial charge is 0.283 e. The summed E-state index contributed by atoms with van der Waals surface area (Å²) in [6, 6.07) is 11.5. The highest BCUT2D eigenvalue weighted by molar-refractivity contribution is 7.10. The van der Waals surface area contributed by atoms with Gasteiger partial charge in [0.2, 0.25) is 5.91 Å². The van der Waals surface area contributed by atoms with Crippen LogP contribution < -0.4 is 5.06 Å². The monoisotopic (exact) mass is 328 g/mol. The molecule has 0 radical (unpaired) electrons. The van der Waals surface area contributed by atoms with Gasteiger partial charge in [0.05, 0.1) is 5.69 Å². The van der Waals surface area contributed by atoms with Gasteiger partial charge in [0.25, 0.3) is 5.91 Å². The summed E-state index contributed by atoms with van der Waals surface area (Å²) < 4.78 is 0. The van der Waals surface area contributed by atoms with Gasteiger partial charge in [-0.15, -0.1) is 11.3 Å². The molecule has 0 N–H and O–H groups in total. The number of benzene rings is 1. The van der Waals surface area contributed by atoms with Gasteiger partial charge in [0, 0.05) is 11.9 Å². The van der Waals surface area contributed by atoms with Crippen LogP contribution in [0.3, 0.4) is 0 Å². The Balaban J connectivity index is 1.83. The number of hydrogen-bond donors (Lipinski definition) is 0. The number of fused-ring (bicyclic) bond motifs is 1. The van der Waals surface area contributed by atoms with Crippen LogP contribution in [-0.2, 0) is 14.4 Å². The van der Waals surface area contributed by atoms with Crippen molar-refractivity contribution in [2.75, 3.05) is 12.1 Å². The van der Waals surface area contributed by atoms with Crippen molar-refractivity contribution in [3.63, 3.8) is 0 Å². The highest BCUT2D eigenvalue weighted by atomic mass is 32.1. The number of imide groups is 1. The molecule has 2 amide bonds. The Kier molecular flexibility index (Phi) is 3.25. The number of aryl methyl sites for hydroxylation is 1. The number of carbonyl (C=O) groups is 2. The van der Waals surface area contributed by atoms with Crippen molar-refractivity contribution in [2.24, 2.45) is 5.92 Å². The Morgan fingerprint density at radius 1 is 1.09 bits per heavy atom. The minimum Gasteiger partial charge on any atom is -0.283 e. The first-order valence-corrected chi connectivity index (χ1v) is 8.34. The second kappa shape index (κ2) is 5.18. The number of nitrogens with zero attached hydrogens (tertiary/aromatic N) is 2. The first-order valence-electron chi connectivity index (χ1n) is 7.46. The van der Waals surface area contributed by atoms with E-state index in [0.717, 1.165) is 16.1 Å². The summed E-state index contributed by atoms with van der Waals surface area (Å²) >= 11 is 1.57. The van der Waals surface area contributed by atoms with E-state index < -0.39 is 12.0 Å². The Hall–Kier alpha value is -2.18. The molecule has 2 fully saturated rings. The standard InChI is InChI=1S/C17H16N2O3S/c1-10-6-3-4-7-11(10)19-14(12-8-5-9-23-12)13-15(22-19)17(21)18(2)16(13)20/h3-9,13-15H,1-2H3/t13-,14-,15+/m1/s1. The summed E-state index contributed by atoms with van der Waals surface area (Å²) in [5.74, 6) is -0.933. The van der Waals surface area contributed by atoms with Crippen LogP contribution in [0.1, 0.15) is 16.5 Å². The molecule has 2 aliphatic rings. The molecule has 2 saturated heterocycles. The summed E-state index contributed by atoms with van der Waals surface area (Å²) in [5, 5.41) is 3.73. The summed E-state index contributed by atoms with van der Waals surface area (Å²) in [6.45, 7) is 1.99. The fourth-order valence-corrected chi connectivity index (χ4v) is 4.17. The van der Waals surface area contributed by atoms with E-state index >= 15 is 0 Å². The van der Waals surface area contributed by atoms with Crippen LogP contribution in [-0.4, -0.2) is 29.9 Å². The average Bonchev–Trinajstić information content (AvgIpc) is 3.23. The number of likely N-dealkylation sites (N-methyl/N-ethyl adjacent to an activating group) is 1. The molecule has 1 aromatic heterocycles. The number of carbonyl (C=O) groups excluding carboxylic acids is 2. The number of hydrogen-bond acceptors (Lipinski definition) is 5. The van der Waals surface area contributed by atoms with E-state index in [1.807, 2.05) is 48.7 Å². The summed E-state index contributed by atoms with van der Waals surface area (Å²) in [5.41, 5.74) is 1.94. The molecule has 118 valence electrons. The predicted molar refractivity (Wildman–Crippen MR) is 86.9 cm³/mol. The van der Waals surface area contributed by atoms with Crippen LogP contribution in [0, 0.1) is 12.8 Å². The van der Waals surface area contributed by atoms with Crippen molar-refractivity contribution in [2.45, 2.75) is 19.1 Å². The zero-order valence-electron chi connectivity index (χ0n) is 12.8. The molecular formula is C17H16N2O3S. The maximum atomic E-state index is 12.6. The van der Waals surface area contributed by atoms with Crippen LogP contribution in [0.2, 0.25) is 0 Å². The lowest BCUT2D eigenvalue weighted by atomic mass is 9.95. The van der Waals surface area contributed by atoms with E-state index in [1.54, 1.807) is 16.4 Å². The van der Waals surface area contributed by atoms with Crippen molar-refractivity contribution < 1.29 is 14.4 Å². The van der Waals surface area contributed by atoms with Crippen LogP contribution in [0.15, 0.2) is 41.8 Å². The highest BCUT2D eigenvalue weighted by Gasteiger charge is 2.59. The molecule has 0 aliphatic carbocycles. The fraction of sp³-hybridized carbons (Fsp3) is 0.294. The first kappa shape index (κ1) is 14.4. The third-order valence-corrected chi connectivity index (χ3v) is 5.47. The Morgan fingerprint density at radius 3 is 2.57 bits per heavy atom. The molecule has 2 aliphatic heterocycles. The minimum absolute atomic E-state index is 0.172. The van der Waals surface area contributed by atoms with Crippen LogP contribution in [0.5, 0.6) is 0 Å². The molecule has 5 nitrogen and oxygen atoms in total. The van der Waals surface area contributed by atoms with Crippen molar-refractivity contribution in [3.05, 3.63) is 52.2 Å². The lowest BCUT2D eigenvalue weighted by molar-refractivity contribution is -0.141. The van der Waals surface area contributed by atoms with E-state index in [1.165, 1.54) is 11.9 Å². The maximum absolute atomic E-state index is 12.6. The Bertz CT molecular complexity index is 774. The fourth-order valence-electron chi connectivity index (χ4n) is 3.32. The molecule has 0 bridgehead atoms. The average molecular weight is 328 g/mol. The van der Waals surface area contributed by atoms with E-state index in [0.29, 0.717) is 0 Å². The normalized spacial score (nSPS) is 27.0. The summed E-state index contributed by atoms with van der Waals surface area (Å²) in [7, 11) is 1.52. The molecule has 0 saturated carbocycles. The molecule has 3 atom stereocenters. The third kappa shape index (κ3) is 2.02. The molecule has 0 unspecified atom stereocenters. The van der Waals surface area contributed by atoms with Crippen molar-refractivity contribution in [3.8, 4) is 0 Å². The molecule has 6 heteroatoms. The van der Waals surface area contributed by atoms with Crippen LogP contribution >= 0.6 is 11.3 Å². The zero-order chi connectivity index (χ0) is 16.1. The third-order valence-electron chi connectivity index (χ3n) is 4.52. The second-order valence-electron chi connectivity index (χ2n) is 5.86. The van der Waals surface area contributed by atoms with Crippen molar-refractivity contribution >= 4 is 28.8 Å². The second-order valence-corrected chi connectivity index (χ2v) is 6.84.